The minimum absolute atomic E-state index is 0.119. The van der Waals surface area contributed by atoms with E-state index in [1.54, 1.807) is 29.8 Å². The highest BCUT2D eigenvalue weighted by Crippen LogP contribution is 2.17. The number of nitrogens with one attached hydrogen (secondary N) is 2. The van der Waals surface area contributed by atoms with E-state index in [9.17, 15) is 4.79 Å². The molecule has 1 unspecified atom stereocenters. The van der Waals surface area contributed by atoms with Crippen molar-refractivity contribution in [2.75, 3.05) is 0 Å². The summed E-state index contributed by atoms with van der Waals surface area (Å²) in [5.74, 6) is 0.635. The molecule has 5 heteroatoms. The van der Waals surface area contributed by atoms with Gasteiger partial charge in [-0.15, -0.1) is 11.3 Å². The number of aryl methyl sites for hydroxylation is 1. The number of aromatic nitrogens is 2. The number of carbonyl (C=O) groups excluding carboxylic acids is 1. The number of aromatic amines is 1. The number of nitrogens with zero attached hydrogens (tertiary/aromatic N) is 1. The molecule has 0 saturated carbocycles. The highest BCUT2D eigenvalue weighted by molar-refractivity contribution is 7.11. The molecule has 2 aromatic heterocycles. The number of hydrogen-bond acceptors (Lipinski definition) is 3. The molecule has 4 nitrogen and oxygen atoms in total. The van der Waals surface area contributed by atoms with Gasteiger partial charge in [0.1, 0.15) is 5.82 Å². The zero-order valence-corrected chi connectivity index (χ0v) is 11.1. The lowest BCUT2D eigenvalue weighted by molar-refractivity contribution is -0.117. The predicted octanol–water partition coefficient (Wildman–Crippen LogP) is 2.67. The third-order valence-electron chi connectivity index (χ3n) is 2.58. The maximum absolute atomic E-state index is 11.7. The van der Waals surface area contributed by atoms with Crippen LogP contribution in [0.25, 0.3) is 6.08 Å². The fraction of sp³-hybridized carbons (Fsp3) is 0.231. The first kappa shape index (κ1) is 12.6. The molecular weight excluding hydrogens is 246 g/mol. The summed E-state index contributed by atoms with van der Waals surface area (Å²) in [6.07, 6.45) is 6.80. The zero-order chi connectivity index (χ0) is 13.0. The van der Waals surface area contributed by atoms with Crippen molar-refractivity contribution in [3.63, 3.8) is 0 Å². The van der Waals surface area contributed by atoms with Crippen molar-refractivity contribution in [3.05, 3.63) is 46.2 Å². The first-order chi connectivity index (χ1) is 8.66. The molecule has 1 atom stereocenters. The van der Waals surface area contributed by atoms with Gasteiger partial charge < -0.3 is 10.3 Å². The Balaban J connectivity index is 1.93. The largest absolute Gasteiger partial charge is 0.347 e. The first-order valence-corrected chi connectivity index (χ1v) is 6.56. The van der Waals surface area contributed by atoms with Gasteiger partial charge in [-0.2, -0.15) is 0 Å². The molecule has 0 radical (unpaired) electrons. The maximum Gasteiger partial charge on any atom is 0.244 e. The van der Waals surface area contributed by atoms with Gasteiger partial charge in [-0.25, -0.2) is 4.98 Å². The number of thiophene rings is 1. The second kappa shape index (κ2) is 5.64. The van der Waals surface area contributed by atoms with Crippen LogP contribution in [-0.2, 0) is 4.79 Å². The van der Waals surface area contributed by atoms with E-state index in [1.165, 1.54) is 5.56 Å². The zero-order valence-electron chi connectivity index (χ0n) is 10.3. The Bertz CT molecular complexity index is 542. The van der Waals surface area contributed by atoms with Crippen LogP contribution in [0.15, 0.2) is 29.9 Å². The molecule has 2 N–H and O–H groups in total. The molecule has 0 saturated heterocycles. The fourth-order valence-electron chi connectivity index (χ4n) is 1.55. The quantitative estimate of drug-likeness (QED) is 0.831. The normalized spacial score (nSPS) is 12.8. The second-order valence-electron chi connectivity index (χ2n) is 4.01. The lowest BCUT2D eigenvalue weighted by atomic mass is 10.2. The van der Waals surface area contributed by atoms with Crippen LogP contribution in [-0.4, -0.2) is 15.9 Å². The smallest absolute Gasteiger partial charge is 0.244 e. The molecule has 2 rings (SSSR count). The third kappa shape index (κ3) is 3.07. The van der Waals surface area contributed by atoms with E-state index in [0.29, 0.717) is 0 Å². The standard InChI is InChI=1S/C13H15N3OS/c1-9-5-8-18-11(9)3-4-12(17)16-10(2)13-14-6-7-15-13/h3-8,10H,1-2H3,(H,14,15)(H,16,17)/b4-3+. The monoisotopic (exact) mass is 261 g/mol. The molecular formula is C13H15N3OS. The number of hydrogen-bond donors (Lipinski definition) is 2. The fourth-order valence-corrected chi connectivity index (χ4v) is 2.37. The molecule has 0 spiro atoms. The number of rotatable bonds is 4. The summed E-state index contributed by atoms with van der Waals surface area (Å²) in [6, 6.07) is 1.91. The maximum atomic E-state index is 11.7. The summed E-state index contributed by atoms with van der Waals surface area (Å²) in [6.45, 7) is 3.92. The minimum atomic E-state index is -0.124. The van der Waals surface area contributed by atoms with Gasteiger partial charge in [-0.05, 0) is 36.9 Å². The number of imidazole rings is 1. The third-order valence-corrected chi connectivity index (χ3v) is 3.56. The second-order valence-corrected chi connectivity index (χ2v) is 4.95. The molecule has 2 heterocycles. The van der Waals surface area contributed by atoms with Gasteiger partial charge in [0.15, 0.2) is 0 Å². The van der Waals surface area contributed by atoms with Crippen LogP contribution in [0, 0.1) is 6.92 Å². The Morgan fingerprint density at radius 1 is 1.61 bits per heavy atom. The predicted molar refractivity (Wildman–Crippen MR) is 73.2 cm³/mol. The van der Waals surface area contributed by atoms with Crippen molar-refractivity contribution in [2.24, 2.45) is 0 Å². The Hall–Kier alpha value is -1.88. The Labute approximate surface area is 110 Å². The Morgan fingerprint density at radius 2 is 2.44 bits per heavy atom. The van der Waals surface area contributed by atoms with Crippen molar-refractivity contribution in [1.29, 1.82) is 0 Å². The van der Waals surface area contributed by atoms with E-state index in [1.807, 2.05) is 31.4 Å². The molecule has 2 aromatic rings. The SMILES string of the molecule is Cc1ccsc1/C=C/C(=O)NC(C)c1ncc[nH]1. The Morgan fingerprint density at radius 3 is 3.06 bits per heavy atom. The van der Waals surface area contributed by atoms with Crippen LogP contribution in [0.1, 0.15) is 29.2 Å². The van der Waals surface area contributed by atoms with Gasteiger partial charge in [0, 0.05) is 23.3 Å². The highest BCUT2D eigenvalue weighted by atomic mass is 32.1. The summed E-state index contributed by atoms with van der Waals surface area (Å²) < 4.78 is 0. The van der Waals surface area contributed by atoms with Crippen LogP contribution in [0.5, 0.6) is 0 Å². The van der Waals surface area contributed by atoms with Gasteiger partial charge in [-0.3, -0.25) is 4.79 Å². The minimum Gasteiger partial charge on any atom is -0.347 e. The number of amides is 1. The van der Waals surface area contributed by atoms with E-state index in [4.69, 9.17) is 0 Å². The lowest BCUT2D eigenvalue weighted by Gasteiger charge is -2.08. The van der Waals surface area contributed by atoms with Crippen molar-refractivity contribution < 1.29 is 4.79 Å². The average Bonchev–Trinajstić information content (AvgIpc) is 2.97. The number of carbonyl (C=O) groups is 1. The summed E-state index contributed by atoms with van der Waals surface area (Å²) in [7, 11) is 0. The van der Waals surface area contributed by atoms with E-state index < -0.39 is 0 Å². The lowest BCUT2D eigenvalue weighted by Crippen LogP contribution is -2.25. The van der Waals surface area contributed by atoms with Crippen LogP contribution in [0.4, 0.5) is 0 Å². The molecule has 0 bridgehead atoms. The molecule has 0 fully saturated rings. The van der Waals surface area contributed by atoms with E-state index in [0.717, 1.165) is 10.7 Å². The molecule has 0 aromatic carbocycles. The van der Waals surface area contributed by atoms with Crippen LogP contribution < -0.4 is 5.32 Å². The van der Waals surface area contributed by atoms with Crippen LogP contribution >= 0.6 is 11.3 Å². The molecule has 1 amide bonds. The van der Waals surface area contributed by atoms with Crippen LogP contribution in [0.3, 0.4) is 0 Å². The van der Waals surface area contributed by atoms with Gasteiger partial charge in [0.25, 0.3) is 0 Å². The van der Waals surface area contributed by atoms with Gasteiger partial charge in [0.2, 0.25) is 5.91 Å². The number of H-pyrrole nitrogens is 1. The molecule has 0 aliphatic heterocycles. The van der Waals surface area contributed by atoms with E-state index in [-0.39, 0.29) is 11.9 Å². The average molecular weight is 261 g/mol. The highest BCUT2D eigenvalue weighted by Gasteiger charge is 2.09. The van der Waals surface area contributed by atoms with Crippen molar-refractivity contribution in [2.45, 2.75) is 19.9 Å². The van der Waals surface area contributed by atoms with Crippen molar-refractivity contribution in [3.8, 4) is 0 Å². The van der Waals surface area contributed by atoms with Crippen molar-refractivity contribution >= 4 is 23.3 Å². The van der Waals surface area contributed by atoms with Gasteiger partial charge in [0.05, 0.1) is 6.04 Å². The van der Waals surface area contributed by atoms with Crippen LogP contribution in [0.2, 0.25) is 0 Å². The topological polar surface area (TPSA) is 57.8 Å². The molecule has 94 valence electrons. The Kier molecular flexibility index (Phi) is 3.94. The molecule has 0 aliphatic rings. The molecule has 0 aliphatic carbocycles. The van der Waals surface area contributed by atoms with Gasteiger partial charge >= 0.3 is 0 Å². The van der Waals surface area contributed by atoms with Crippen molar-refractivity contribution in [1.82, 2.24) is 15.3 Å². The van der Waals surface area contributed by atoms with Gasteiger partial charge in [-0.1, -0.05) is 0 Å². The summed E-state index contributed by atoms with van der Waals surface area (Å²) >= 11 is 1.62. The molecule has 18 heavy (non-hydrogen) atoms. The van der Waals surface area contributed by atoms with E-state index in [2.05, 4.69) is 15.3 Å². The van der Waals surface area contributed by atoms with E-state index >= 15 is 0 Å². The summed E-state index contributed by atoms with van der Waals surface area (Å²) in [4.78, 5) is 19.9. The summed E-state index contributed by atoms with van der Waals surface area (Å²) in [5.41, 5.74) is 1.18. The summed E-state index contributed by atoms with van der Waals surface area (Å²) in [5, 5.41) is 4.86. The first-order valence-electron chi connectivity index (χ1n) is 5.69.